The van der Waals surface area contributed by atoms with Crippen molar-refractivity contribution in [2.24, 2.45) is 0 Å². The van der Waals surface area contributed by atoms with E-state index in [4.69, 9.17) is 28.8 Å². The van der Waals surface area contributed by atoms with E-state index in [0.29, 0.717) is 0 Å². The van der Waals surface area contributed by atoms with Crippen molar-refractivity contribution in [3.63, 3.8) is 0 Å². The molecule has 0 bridgehead atoms. The summed E-state index contributed by atoms with van der Waals surface area (Å²) in [5, 5.41) is 86.0. The number of aliphatic hydroxyl groups excluding tert-OH is 8. The Morgan fingerprint density at radius 2 is 1.26 bits per heavy atom. The molecule has 0 aliphatic carbocycles. The average Bonchev–Trinajstić information content (AvgIpc) is 2.64. The summed E-state index contributed by atoms with van der Waals surface area (Å²) >= 11 is 0. The van der Waals surface area contributed by atoms with Gasteiger partial charge in [-0.05, 0) is 0 Å². The molecule has 158 valence electrons. The first-order valence-electron chi connectivity index (χ1n) is 8.07. The molecule has 9 N–H and O–H groups in total. The zero-order valence-electron chi connectivity index (χ0n) is 13.9. The van der Waals surface area contributed by atoms with Gasteiger partial charge in [-0.2, -0.15) is 0 Å². The molecule has 10 atom stereocenters. The molecule has 0 aromatic carbocycles. The topological polar surface area (TPSA) is 219 Å². The van der Waals surface area contributed by atoms with E-state index < -0.39 is 90.3 Å². The Morgan fingerprint density at radius 3 is 1.78 bits per heavy atom. The summed E-state index contributed by atoms with van der Waals surface area (Å²) in [7, 11) is -0.949. The first kappa shape index (κ1) is 23.0. The third-order valence-electron chi connectivity index (χ3n) is 4.25. The third-order valence-corrected chi connectivity index (χ3v) is 4.87. The van der Waals surface area contributed by atoms with Crippen molar-refractivity contribution in [1.29, 1.82) is 0 Å². The van der Waals surface area contributed by atoms with Crippen molar-refractivity contribution in [2.75, 3.05) is 13.2 Å². The molecule has 0 aromatic rings. The van der Waals surface area contributed by atoms with Crippen molar-refractivity contribution in [1.82, 2.24) is 0 Å². The van der Waals surface area contributed by atoms with Crippen LogP contribution in [0.2, 0.25) is 0 Å². The maximum absolute atomic E-state index is 10.2. The molecule has 2 fully saturated rings. The lowest BCUT2D eigenvalue weighted by Gasteiger charge is -2.45. The Balaban J connectivity index is 2.15. The Labute approximate surface area is 155 Å². The van der Waals surface area contributed by atoms with E-state index in [-0.39, 0.29) is 0 Å². The van der Waals surface area contributed by atoms with Gasteiger partial charge < -0.3 is 64.6 Å². The fourth-order valence-corrected chi connectivity index (χ4v) is 3.27. The monoisotopic (exact) mass is 416 g/mol. The molecule has 2 rings (SSSR count). The van der Waals surface area contributed by atoms with Gasteiger partial charge in [-0.3, -0.25) is 0 Å². The molecule has 0 spiro atoms. The standard InChI is InChI=1S/C13H24O13Si/c14-1-3-5(16)7(18)9(20)11(23-3)25-12-10(26-27-13(21)22)8(19)6(17)4(2-15)24-12/h3-22H,1-2H2/t3-,4-,5-,6-,7+,8+,9-,10-,11-,12-/m1/s1. The first-order valence-corrected chi connectivity index (χ1v) is 9.05. The van der Waals surface area contributed by atoms with Crippen LogP contribution in [0, 0.1) is 0 Å². The molecular weight excluding hydrogens is 392 g/mol. The normalized spacial score (nSPS) is 46.0. The highest BCUT2D eigenvalue weighted by Crippen LogP contribution is 2.29. The maximum atomic E-state index is 10.2. The van der Waals surface area contributed by atoms with Gasteiger partial charge in [0, 0.05) is 0 Å². The number of rotatable bonds is 7. The van der Waals surface area contributed by atoms with Crippen LogP contribution in [-0.4, -0.2) is 136 Å². The largest absolute Gasteiger partial charge is 0.401 e. The van der Waals surface area contributed by atoms with Crippen LogP contribution in [0.3, 0.4) is 0 Å². The van der Waals surface area contributed by atoms with Gasteiger partial charge in [-0.15, -0.1) is 0 Å². The fraction of sp³-hybridized carbons (Fsp3) is 1.00. The van der Waals surface area contributed by atoms with Crippen molar-refractivity contribution in [3.8, 4) is 0 Å². The predicted molar refractivity (Wildman–Crippen MR) is 81.5 cm³/mol. The van der Waals surface area contributed by atoms with Crippen molar-refractivity contribution >= 4 is 9.76 Å². The number of hydrogen-bond acceptors (Lipinski definition) is 13. The van der Waals surface area contributed by atoms with Crippen molar-refractivity contribution in [2.45, 2.75) is 67.3 Å². The minimum absolute atomic E-state index is 0.699. The van der Waals surface area contributed by atoms with E-state index in [9.17, 15) is 35.7 Å². The van der Waals surface area contributed by atoms with Gasteiger partial charge in [0.25, 0.3) is 9.76 Å². The molecule has 0 unspecified atom stereocenters. The quantitative estimate of drug-likeness (QED) is 0.139. The van der Waals surface area contributed by atoms with Gasteiger partial charge in [0.2, 0.25) is 0 Å². The van der Waals surface area contributed by atoms with E-state index >= 15 is 0 Å². The van der Waals surface area contributed by atoms with Crippen LogP contribution in [-0.2, 0) is 18.6 Å². The Morgan fingerprint density at radius 1 is 0.741 bits per heavy atom. The second kappa shape index (κ2) is 9.95. The fourth-order valence-electron chi connectivity index (χ4n) is 2.74. The molecule has 13 nitrogen and oxygen atoms in total. The van der Waals surface area contributed by atoms with Gasteiger partial charge in [0.15, 0.2) is 18.5 Å². The maximum Gasteiger partial charge on any atom is 0.299 e. The average molecular weight is 416 g/mol. The van der Waals surface area contributed by atoms with Crippen LogP contribution in [0.25, 0.3) is 0 Å². The summed E-state index contributed by atoms with van der Waals surface area (Å²) in [6.07, 6.45) is -15.6. The van der Waals surface area contributed by atoms with Crippen LogP contribution in [0.5, 0.6) is 0 Å². The molecular formula is C13H24O13Si. The van der Waals surface area contributed by atoms with E-state index in [0.717, 1.165) is 0 Å². The highest BCUT2D eigenvalue weighted by atomic mass is 28.2. The zero-order valence-corrected chi connectivity index (χ0v) is 14.9. The van der Waals surface area contributed by atoms with Crippen molar-refractivity contribution < 1.29 is 64.6 Å². The molecule has 2 radical (unpaired) electrons. The minimum Gasteiger partial charge on any atom is -0.401 e. The molecule has 2 aliphatic heterocycles. The van der Waals surface area contributed by atoms with E-state index in [1.807, 2.05) is 0 Å². The molecule has 2 aliphatic rings. The summed E-state index contributed by atoms with van der Waals surface area (Å²) in [5.74, 6) is -1.88. The van der Waals surface area contributed by atoms with Crippen LogP contribution in [0.1, 0.15) is 0 Å². The van der Waals surface area contributed by atoms with Gasteiger partial charge in [0.1, 0.15) is 48.8 Å². The molecule has 2 saturated heterocycles. The summed E-state index contributed by atoms with van der Waals surface area (Å²) in [6.45, 7) is -1.40. The van der Waals surface area contributed by atoms with Crippen LogP contribution >= 0.6 is 0 Å². The van der Waals surface area contributed by atoms with E-state index in [1.165, 1.54) is 0 Å². The number of ether oxygens (including phenoxy) is 3. The zero-order chi connectivity index (χ0) is 20.3. The highest BCUT2D eigenvalue weighted by Gasteiger charge is 2.50. The van der Waals surface area contributed by atoms with Gasteiger partial charge in [-0.25, -0.2) is 0 Å². The molecule has 27 heavy (non-hydrogen) atoms. The minimum atomic E-state index is -1.88. The molecule has 14 heteroatoms. The summed E-state index contributed by atoms with van der Waals surface area (Å²) in [6, 6.07) is 0. The summed E-state index contributed by atoms with van der Waals surface area (Å²) in [5.41, 5.74) is 0. The number of hydrogen-bond donors (Lipinski definition) is 9. The lowest BCUT2D eigenvalue weighted by Crippen LogP contribution is -2.64. The van der Waals surface area contributed by atoms with Crippen LogP contribution in [0.15, 0.2) is 0 Å². The second-order valence-electron chi connectivity index (χ2n) is 6.11. The molecule has 0 aromatic heterocycles. The first-order chi connectivity index (χ1) is 12.7. The smallest absolute Gasteiger partial charge is 0.299 e. The van der Waals surface area contributed by atoms with E-state index in [2.05, 4.69) is 0 Å². The Kier molecular flexibility index (Phi) is 8.47. The van der Waals surface area contributed by atoms with Crippen LogP contribution in [0.4, 0.5) is 0 Å². The SMILES string of the molecule is OC[C@H]1O[C@H](O[C@H]2O[C@H](CO)[C@@H](O)[C@H](O)[C@H]2O[Si]C(O)O)[C@H](O)[C@@H](O)[C@@H]1O. The Bertz CT molecular complexity index is 454. The highest BCUT2D eigenvalue weighted by molar-refractivity contribution is 6.28. The predicted octanol–water partition coefficient (Wildman–Crippen LogP) is -6.49. The second-order valence-corrected chi connectivity index (χ2v) is 7.10. The lowest BCUT2D eigenvalue weighted by molar-refractivity contribution is -0.374. The van der Waals surface area contributed by atoms with Gasteiger partial charge in [0.05, 0.1) is 13.2 Å². The number of aliphatic hydroxyl groups is 9. The Hall–Kier alpha value is -0.303. The van der Waals surface area contributed by atoms with Crippen molar-refractivity contribution in [3.05, 3.63) is 0 Å². The molecule has 2 heterocycles. The third kappa shape index (κ3) is 5.20. The van der Waals surface area contributed by atoms with Gasteiger partial charge in [-0.1, -0.05) is 0 Å². The summed E-state index contributed by atoms with van der Waals surface area (Å²) in [4.78, 5) is 0. The molecule has 0 saturated carbocycles. The lowest BCUT2D eigenvalue weighted by atomic mass is 9.98. The van der Waals surface area contributed by atoms with Crippen LogP contribution < -0.4 is 0 Å². The molecule has 0 amide bonds. The summed E-state index contributed by atoms with van der Waals surface area (Å²) < 4.78 is 20.9. The van der Waals surface area contributed by atoms with Gasteiger partial charge >= 0.3 is 0 Å². The van der Waals surface area contributed by atoms with E-state index in [1.54, 1.807) is 0 Å².